The number of halogens is 1. The second-order valence-corrected chi connectivity index (χ2v) is 8.55. The van der Waals surface area contributed by atoms with Crippen molar-refractivity contribution in [3.05, 3.63) is 40.3 Å². The molecule has 9 nitrogen and oxygen atoms in total. The molecule has 1 aliphatic carbocycles. The molecule has 2 aromatic rings. The third-order valence-corrected chi connectivity index (χ3v) is 6.23. The van der Waals surface area contributed by atoms with E-state index in [1.807, 2.05) is 18.3 Å². The van der Waals surface area contributed by atoms with Crippen LogP contribution in [0.15, 0.2) is 33.5 Å². The molecule has 0 atom stereocenters. The van der Waals surface area contributed by atoms with Gasteiger partial charge in [0.25, 0.3) is 5.91 Å². The van der Waals surface area contributed by atoms with Crippen LogP contribution in [0.1, 0.15) is 41.8 Å². The molecule has 1 saturated heterocycles. The van der Waals surface area contributed by atoms with Gasteiger partial charge in [-0.25, -0.2) is 9.78 Å². The zero-order valence-electron chi connectivity index (χ0n) is 15.8. The first kappa shape index (κ1) is 19.7. The third kappa shape index (κ3) is 4.36. The number of hydrogen-bond acceptors (Lipinski definition) is 7. The van der Waals surface area contributed by atoms with Gasteiger partial charge in [0, 0.05) is 23.8 Å². The van der Waals surface area contributed by atoms with Crippen LogP contribution in [0.2, 0.25) is 0 Å². The molecule has 3 N–H and O–H groups in total. The maximum absolute atomic E-state index is 12.0. The van der Waals surface area contributed by atoms with E-state index in [0.29, 0.717) is 0 Å². The van der Waals surface area contributed by atoms with Crippen LogP contribution in [0.4, 0.5) is 10.6 Å². The normalized spacial score (nSPS) is 18.3. The summed E-state index contributed by atoms with van der Waals surface area (Å²) in [6, 6.07) is 4.03. The quantitative estimate of drug-likeness (QED) is 0.697. The molecular weight excluding hydrogens is 442 g/mol. The molecule has 2 amide bonds. The summed E-state index contributed by atoms with van der Waals surface area (Å²) in [6.07, 6.45) is 6.30. The van der Waals surface area contributed by atoms with Gasteiger partial charge in [0.2, 0.25) is 0 Å². The number of hydrogen-bond donors (Lipinski definition) is 2. The Hall–Kier alpha value is -2.62. The summed E-state index contributed by atoms with van der Waals surface area (Å²) in [5.74, 6) is 0.563. The van der Waals surface area contributed by atoms with Gasteiger partial charge in [-0.3, -0.25) is 4.79 Å². The van der Waals surface area contributed by atoms with Crippen LogP contribution >= 0.6 is 15.9 Å². The largest absolute Gasteiger partial charge is 0.446 e. The lowest BCUT2D eigenvalue weighted by Gasteiger charge is -2.51. The molecule has 2 aliphatic rings. The van der Waals surface area contributed by atoms with Crippen LogP contribution in [0, 0.1) is 5.41 Å². The Morgan fingerprint density at radius 1 is 1.31 bits per heavy atom. The number of rotatable bonds is 5. The number of alkyl carbamates (subject to hydrolysis) is 1. The monoisotopic (exact) mass is 463 g/mol. The number of pyridine rings is 1. The maximum Gasteiger partial charge on any atom is 0.407 e. The van der Waals surface area contributed by atoms with E-state index < -0.39 is 12.0 Å². The van der Waals surface area contributed by atoms with Gasteiger partial charge in [0.05, 0.1) is 12.7 Å². The minimum absolute atomic E-state index is 0.00409. The van der Waals surface area contributed by atoms with Gasteiger partial charge in [-0.1, -0.05) is 5.16 Å². The number of amides is 2. The number of carbonyl (C=O) groups is 2. The van der Waals surface area contributed by atoms with Crippen molar-refractivity contribution in [2.45, 2.75) is 38.3 Å². The van der Waals surface area contributed by atoms with Crippen molar-refractivity contribution in [2.24, 2.45) is 11.1 Å². The second kappa shape index (κ2) is 8.02. The Labute approximate surface area is 176 Å². The fourth-order valence-electron chi connectivity index (χ4n) is 4.10. The average molecular weight is 464 g/mol. The van der Waals surface area contributed by atoms with Crippen molar-refractivity contribution < 1.29 is 18.8 Å². The Balaban J connectivity index is 1.20. The lowest BCUT2D eigenvalue weighted by Crippen LogP contribution is -2.51. The highest BCUT2D eigenvalue weighted by Gasteiger charge is 2.47. The maximum atomic E-state index is 12.0. The molecule has 154 valence electrons. The Kier molecular flexibility index (Phi) is 5.44. The molecule has 0 unspecified atom stereocenters. The van der Waals surface area contributed by atoms with E-state index >= 15 is 0 Å². The number of primary amides is 1. The predicted molar refractivity (Wildman–Crippen MR) is 107 cm³/mol. The number of nitrogens with two attached hydrogens (primary N) is 1. The number of aromatic nitrogens is 2. The summed E-state index contributed by atoms with van der Waals surface area (Å²) in [6.45, 7) is 1.91. The van der Waals surface area contributed by atoms with Crippen molar-refractivity contribution in [3.8, 4) is 0 Å². The standard InChI is InChI=1S/C19H22BrN5O4/c20-12-1-2-16(22-9-12)25-5-3-19(4-6-25)7-13(8-19)28-18(27)23-11-15-14(17(21)26)10-24-29-15/h1-2,9-10,13H,3-8,11H2,(H2,21,26)(H,23,27). The summed E-state index contributed by atoms with van der Waals surface area (Å²) in [5.41, 5.74) is 5.62. The molecule has 3 heterocycles. The van der Waals surface area contributed by atoms with Gasteiger partial charge in [0.15, 0.2) is 5.76 Å². The average Bonchev–Trinajstić information content (AvgIpc) is 3.15. The molecule has 1 saturated carbocycles. The lowest BCUT2D eigenvalue weighted by atomic mass is 9.61. The lowest BCUT2D eigenvalue weighted by molar-refractivity contribution is -0.0549. The summed E-state index contributed by atoms with van der Waals surface area (Å²) >= 11 is 3.41. The van der Waals surface area contributed by atoms with Crippen LogP contribution in [0.25, 0.3) is 0 Å². The number of piperidine rings is 1. The Morgan fingerprint density at radius 2 is 2.07 bits per heavy atom. The van der Waals surface area contributed by atoms with E-state index in [1.54, 1.807) is 0 Å². The molecule has 10 heteroatoms. The smallest absolute Gasteiger partial charge is 0.407 e. The SMILES string of the molecule is NC(=O)c1cnoc1CNC(=O)OC1CC2(CCN(c3ccc(Br)cn3)CC2)C1. The molecule has 29 heavy (non-hydrogen) atoms. The van der Waals surface area contributed by atoms with Crippen molar-refractivity contribution in [2.75, 3.05) is 18.0 Å². The minimum Gasteiger partial charge on any atom is -0.446 e. The zero-order valence-corrected chi connectivity index (χ0v) is 17.4. The summed E-state index contributed by atoms with van der Waals surface area (Å²) in [7, 11) is 0. The molecule has 2 fully saturated rings. The van der Waals surface area contributed by atoms with Gasteiger partial charge < -0.3 is 25.2 Å². The molecule has 0 radical (unpaired) electrons. The third-order valence-electron chi connectivity index (χ3n) is 5.76. The second-order valence-electron chi connectivity index (χ2n) is 7.64. The van der Waals surface area contributed by atoms with Crippen LogP contribution in [0.5, 0.6) is 0 Å². The zero-order chi connectivity index (χ0) is 20.4. The van der Waals surface area contributed by atoms with Gasteiger partial charge in [-0.15, -0.1) is 0 Å². The highest BCUT2D eigenvalue weighted by atomic mass is 79.9. The molecule has 2 aromatic heterocycles. The summed E-state index contributed by atoms with van der Waals surface area (Å²) < 4.78 is 11.4. The molecule has 1 spiro atoms. The first-order valence-electron chi connectivity index (χ1n) is 9.48. The van der Waals surface area contributed by atoms with Crippen LogP contribution in [-0.2, 0) is 11.3 Å². The van der Waals surface area contributed by atoms with Crippen LogP contribution < -0.4 is 16.0 Å². The molecule has 0 aromatic carbocycles. The highest BCUT2D eigenvalue weighted by Crippen LogP contribution is 2.50. The number of anilines is 1. The molecular formula is C19H22BrN5O4. The van der Waals surface area contributed by atoms with Gasteiger partial charge >= 0.3 is 6.09 Å². The Morgan fingerprint density at radius 3 is 2.72 bits per heavy atom. The first-order chi connectivity index (χ1) is 13.9. The number of carbonyl (C=O) groups excluding carboxylic acids is 2. The van der Waals surface area contributed by atoms with Gasteiger partial charge in [0.1, 0.15) is 17.5 Å². The minimum atomic E-state index is -0.651. The van der Waals surface area contributed by atoms with E-state index in [9.17, 15) is 9.59 Å². The van der Waals surface area contributed by atoms with E-state index in [2.05, 4.69) is 36.3 Å². The van der Waals surface area contributed by atoms with Crippen LogP contribution in [-0.4, -0.2) is 41.3 Å². The van der Waals surface area contributed by atoms with Gasteiger partial charge in [-0.2, -0.15) is 0 Å². The topological polar surface area (TPSA) is 124 Å². The number of nitrogens with zero attached hydrogens (tertiary/aromatic N) is 3. The molecule has 1 aliphatic heterocycles. The highest BCUT2D eigenvalue weighted by molar-refractivity contribution is 9.10. The Bertz CT molecular complexity index is 884. The van der Waals surface area contributed by atoms with E-state index in [1.165, 1.54) is 6.20 Å². The summed E-state index contributed by atoms with van der Waals surface area (Å²) in [4.78, 5) is 30.0. The fraction of sp³-hybridized carbons (Fsp3) is 0.474. The van der Waals surface area contributed by atoms with E-state index in [0.717, 1.165) is 49.1 Å². The number of nitrogens with one attached hydrogen (secondary N) is 1. The van der Waals surface area contributed by atoms with E-state index in [4.69, 9.17) is 15.0 Å². The molecule has 0 bridgehead atoms. The van der Waals surface area contributed by atoms with Crippen molar-refractivity contribution >= 4 is 33.7 Å². The number of ether oxygens (including phenoxy) is 1. The van der Waals surface area contributed by atoms with Crippen molar-refractivity contribution in [3.63, 3.8) is 0 Å². The van der Waals surface area contributed by atoms with Crippen LogP contribution in [0.3, 0.4) is 0 Å². The fourth-order valence-corrected chi connectivity index (χ4v) is 4.34. The molecule has 4 rings (SSSR count). The first-order valence-corrected chi connectivity index (χ1v) is 10.3. The van der Waals surface area contributed by atoms with Gasteiger partial charge in [-0.05, 0) is 59.2 Å². The summed E-state index contributed by atoms with van der Waals surface area (Å²) in [5, 5.41) is 6.10. The van der Waals surface area contributed by atoms with Crippen molar-refractivity contribution in [1.29, 1.82) is 0 Å². The predicted octanol–water partition coefficient (Wildman–Crippen LogP) is 2.61. The van der Waals surface area contributed by atoms with E-state index in [-0.39, 0.29) is 29.4 Å². The van der Waals surface area contributed by atoms with Crippen molar-refractivity contribution in [1.82, 2.24) is 15.5 Å².